The van der Waals surface area contributed by atoms with Crippen LogP contribution in [0.15, 0.2) is 24.3 Å². The summed E-state index contributed by atoms with van der Waals surface area (Å²) >= 11 is 0. The number of benzene rings is 1. The van der Waals surface area contributed by atoms with Crippen molar-refractivity contribution in [3.8, 4) is 5.75 Å². The Labute approximate surface area is 109 Å². The standard InChI is InChI=1S/C12H14N4O3/c1-8-13-14-15-16(8)11(12(17)18)7-9-4-3-5-10(6-9)19-2/h3-6,11H,7H2,1-2H3,(H,17,18)/t11-/m0/s1. The normalized spacial score (nSPS) is 12.1. The molecule has 0 spiro atoms. The quantitative estimate of drug-likeness (QED) is 0.859. The minimum absolute atomic E-state index is 0.290. The summed E-state index contributed by atoms with van der Waals surface area (Å²) in [5.41, 5.74) is 0.849. The maximum Gasteiger partial charge on any atom is 0.328 e. The Morgan fingerprint density at radius 3 is 2.89 bits per heavy atom. The number of ether oxygens (including phenoxy) is 1. The first-order valence-corrected chi connectivity index (χ1v) is 5.72. The number of nitrogens with zero attached hydrogens (tertiary/aromatic N) is 4. The Morgan fingerprint density at radius 2 is 2.32 bits per heavy atom. The molecule has 0 aliphatic rings. The molecule has 7 heteroatoms. The van der Waals surface area contributed by atoms with Crippen molar-refractivity contribution in [1.29, 1.82) is 0 Å². The van der Waals surface area contributed by atoms with Crippen LogP contribution in [0.4, 0.5) is 0 Å². The maximum atomic E-state index is 11.4. The van der Waals surface area contributed by atoms with E-state index in [0.29, 0.717) is 18.0 Å². The number of hydrogen-bond acceptors (Lipinski definition) is 5. The molecule has 0 bridgehead atoms. The number of hydrogen-bond donors (Lipinski definition) is 1. The lowest BCUT2D eigenvalue weighted by atomic mass is 10.1. The van der Waals surface area contributed by atoms with Crippen LogP contribution in [-0.4, -0.2) is 38.4 Å². The Balaban J connectivity index is 2.27. The number of aromatic nitrogens is 4. The molecule has 0 saturated carbocycles. The number of methoxy groups -OCH3 is 1. The molecule has 100 valence electrons. The van der Waals surface area contributed by atoms with Crippen molar-refractivity contribution >= 4 is 5.97 Å². The van der Waals surface area contributed by atoms with Gasteiger partial charge in [-0.15, -0.1) is 5.10 Å². The van der Waals surface area contributed by atoms with Crippen LogP contribution >= 0.6 is 0 Å². The summed E-state index contributed by atoms with van der Waals surface area (Å²) in [6, 6.07) is 6.44. The lowest BCUT2D eigenvalue weighted by molar-refractivity contribution is -0.141. The highest BCUT2D eigenvalue weighted by Crippen LogP contribution is 2.19. The molecule has 0 radical (unpaired) electrons. The zero-order valence-electron chi connectivity index (χ0n) is 10.6. The third kappa shape index (κ3) is 2.87. The summed E-state index contributed by atoms with van der Waals surface area (Å²) in [5, 5.41) is 20.2. The monoisotopic (exact) mass is 262 g/mol. The van der Waals surface area contributed by atoms with Crippen LogP contribution in [0.5, 0.6) is 5.75 Å². The van der Waals surface area contributed by atoms with Gasteiger partial charge in [0.2, 0.25) is 0 Å². The van der Waals surface area contributed by atoms with E-state index in [1.54, 1.807) is 20.1 Å². The highest BCUT2D eigenvalue weighted by atomic mass is 16.5. The van der Waals surface area contributed by atoms with Crippen LogP contribution in [0.25, 0.3) is 0 Å². The van der Waals surface area contributed by atoms with Gasteiger partial charge in [-0.3, -0.25) is 0 Å². The summed E-state index contributed by atoms with van der Waals surface area (Å²) in [6.07, 6.45) is 0.290. The average molecular weight is 262 g/mol. The Kier molecular flexibility index (Phi) is 3.74. The summed E-state index contributed by atoms with van der Waals surface area (Å²) in [7, 11) is 1.57. The molecule has 1 N–H and O–H groups in total. The fraction of sp³-hybridized carbons (Fsp3) is 0.333. The Morgan fingerprint density at radius 1 is 1.53 bits per heavy atom. The molecule has 0 fully saturated rings. The van der Waals surface area contributed by atoms with Crippen molar-refractivity contribution in [2.45, 2.75) is 19.4 Å². The van der Waals surface area contributed by atoms with E-state index in [2.05, 4.69) is 15.5 Å². The zero-order chi connectivity index (χ0) is 13.8. The van der Waals surface area contributed by atoms with Crippen LogP contribution in [0.2, 0.25) is 0 Å². The summed E-state index contributed by atoms with van der Waals surface area (Å²) < 4.78 is 6.42. The number of carboxylic acids is 1. The summed E-state index contributed by atoms with van der Waals surface area (Å²) in [4.78, 5) is 11.4. The van der Waals surface area contributed by atoms with Crippen LogP contribution in [0, 0.1) is 6.92 Å². The first-order chi connectivity index (χ1) is 9.11. The molecule has 0 aliphatic carbocycles. The highest BCUT2D eigenvalue weighted by Gasteiger charge is 2.23. The largest absolute Gasteiger partial charge is 0.497 e. The number of carboxylic acid groups (broad SMARTS) is 1. The van der Waals surface area contributed by atoms with Crippen LogP contribution in [-0.2, 0) is 11.2 Å². The smallest absolute Gasteiger partial charge is 0.328 e. The SMILES string of the molecule is COc1cccc(C[C@@H](C(=O)O)n2nnnc2C)c1. The molecule has 7 nitrogen and oxygen atoms in total. The Bertz CT molecular complexity index is 582. The average Bonchev–Trinajstić information content (AvgIpc) is 2.82. The van der Waals surface area contributed by atoms with Gasteiger partial charge in [0, 0.05) is 6.42 Å². The molecule has 0 aliphatic heterocycles. The summed E-state index contributed by atoms with van der Waals surface area (Å²) in [6.45, 7) is 1.67. The van der Waals surface area contributed by atoms with E-state index in [0.717, 1.165) is 5.56 Å². The predicted molar refractivity (Wildman–Crippen MR) is 65.9 cm³/mol. The highest BCUT2D eigenvalue weighted by molar-refractivity contribution is 5.72. The van der Waals surface area contributed by atoms with E-state index >= 15 is 0 Å². The van der Waals surface area contributed by atoms with Gasteiger partial charge < -0.3 is 9.84 Å². The van der Waals surface area contributed by atoms with Crippen LogP contribution in [0.3, 0.4) is 0 Å². The molecular formula is C12H14N4O3. The molecule has 2 rings (SSSR count). The van der Waals surface area contributed by atoms with Crippen molar-refractivity contribution in [2.24, 2.45) is 0 Å². The second kappa shape index (κ2) is 5.47. The number of aryl methyl sites for hydroxylation is 1. The first-order valence-electron chi connectivity index (χ1n) is 5.72. The van der Waals surface area contributed by atoms with Crippen molar-refractivity contribution < 1.29 is 14.6 Å². The van der Waals surface area contributed by atoms with Gasteiger partial charge in [0.1, 0.15) is 11.6 Å². The minimum atomic E-state index is -0.974. The number of tetrazole rings is 1. The van der Waals surface area contributed by atoms with Gasteiger partial charge >= 0.3 is 5.97 Å². The molecule has 2 aromatic rings. The summed E-state index contributed by atoms with van der Waals surface area (Å²) in [5.74, 6) is 0.184. The molecule has 1 atom stereocenters. The molecule has 1 aromatic carbocycles. The van der Waals surface area contributed by atoms with Crippen LogP contribution in [0.1, 0.15) is 17.4 Å². The third-order valence-corrected chi connectivity index (χ3v) is 2.80. The van der Waals surface area contributed by atoms with Gasteiger partial charge in [0.15, 0.2) is 6.04 Å². The van der Waals surface area contributed by atoms with E-state index in [9.17, 15) is 9.90 Å². The first kappa shape index (κ1) is 13.0. The fourth-order valence-electron chi connectivity index (χ4n) is 1.83. The molecule has 1 heterocycles. The van der Waals surface area contributed by atoms with Crippen molar-refractivity contribution in [3.05, 3.63) is 35.7 Å². The van der Waals surface area contributed by atoms with E-state index in [1.807, 2.05) is 18.2 Å². The van der Waals surface area contributed by atoms with E-state index < -0.39 is 12.0 Å². The van der Waals surface area contributed by atoms with Gasteiger partial charge in [0.25, 0.3) is 0 Å². The van der Waals surface area contributed by atoms with Gasteiger partial charge in [-0.05, 0) is 35.0 Å². The van der Waals surface area contributed by atoms with E-state index in [-0.39, 0.29) is 0 Å². The van der Waals surface area contributed by atoms with Crippen molar-refractivity contribution in [1.82, 2.24) is 20.2 Å². The molecular weight excluding hydrogens is 248 g/mol. The number of rotatable bonds is 5. The molecule has 0 saturated heterocycles. The number of aliphatic carboxylic acids is 1. The van der Waals surface area contributed by atoms with Gasteiger partial charge in [-0.25, -0.2) is 9.48 Å². The lowest BCUT2D eigenvalue weighted by Gasteiger charge is -2.13. The van der Waals surface area contributed by atoms with E-state index in [1.165, 1.54) is 4.68 Å². The molecule has 1 aromatic heterocycles. The van der Waals surface area contributed by atoms with Gasteiger partial charge in [0.05, 0.1) is 7.11 Å². The second-order valence-corrected chi connectivity index (χ2v) is 4.08. The van der Waals surface area contributed by atoms with Gasteiger partial charge in [-0.2, -0.15) is 0 Å². The maximum absolute atomic E-state index is 11.4. The van der Waals surface area contributed by atoms with Gasteiger partial charge in [-0.1, -0.05) is 12.1 Å². The predicted octanol–water partition coefficient (Wildman–Crippen LogP) is 0.859. The van der Waals surface area contributed by atoms with Crippen molar-refractivity contribution in [3.63, 3.8) is 0 Å². The van der Waals surface area contributed by atoms with Crippen molar-refractivity contribution in [2.75, 3.05) is 7.11 Å². The third-order valence-electron chi connectivity index (χ3n) is 2.80. The molecule has 0 unspecified atom stereocenters. The second-order valence-electron chi connectivity index (χ2n) is 4.08. The van der Waals surface area contributed by atoms with E-state index in [4.69, 9.17) is 4.74 Å². The minimum Gasteiger partial charge on any atom is -0.497 e. The lowest BCUT2D eigenvalue weighted by Crippen LogP contribution is -2.23. The Hall–Kier alpha value is -2.44. The topological polar surface area (TPSA) is 90.1 Å². The number of carbonyl (C=O) groups is 1. The molecule has 0 amide bonds. The molecule has 19 heavy (non-hydrogen) atoms. The van der Waals surface area contributed by atoms with Crippen LogP contribution < -0.4 is 4.74 Å². The zero-order valence-corrected chi connectivity index (χ0v) is 10.6. The fourth-order valence-corrected chi connectivity index (χ4v) is 1.83.